The monoisotopic (exact) mass is 326 g/mol. The van der Waals surface area contributed by atoms with Crippen LogP contribution in [0.1, 0.15) is 25.0 Å². The summed E-state index contributed by atoms with van der Waals surface area (Å²) >= 11 is 1.66. The molecule has 4 heteroatoms. The van der Waals surface area contributed by atoms with Gasteiger partial charge in [-0.2, -0.15) is 0 Å². The zero-order valence-corrected chi connectivity index (χ0v) is 14.9. The third-order valence-corrected chi connectivity index (χ3v) is 4.41. The Labute approximate surface area is 140 Å². The van der Waals surface area contributed by atoms with Gasteiger partial charge in [0.1, 0.15) is 0 Å². The average molecular weight is 326 g/mol. The van der Waals surface area contributed by atoms with Crippen molar-refractivity contribution >= 4 is 17.0 Å². The number of aryl methyl sites for hydroxylation is 2. The van der Waals surface area contributed by atoms with Crippen LogP contribution < -0.4 is 4.80 Å². The Morgan fingerprint density at radius 2 is 1.91 bits per heavy atom. The van der Waals surface area contributed by atoms with E-state index < -0.39 is 0 Å². The highest BCUT2D eigenvalue weighted by Gasteiger charge is 2.11. The normalized spacial score (nSPS) is 12.3. The van der Waals surface area contributed by atoms with Crippen LogP contribution in [0.3, 0.4) is 0 Å². The van der Waals surface area contributed by atoms with E-state index in [-0.39, 0.29) is 0 Å². The van der Waals surface area contributed by atoms with Gasteiger partial charge < -0.3 is 8.98 Å². The summed E-state index contributed by atoms with van der Waals surface area (Å²) in [6, 6.07) is 10.3. The standard InChI is InChI=1S/C19H22N2OS/c1-13(2)11-21-17(18-6-5-7-22-18)12-23-19(21)20-16-9-14(3)8-15(4)10-16/h5-10,12-13H,11H2,1-4H3. The molecule has 0 aliphatic carbocycles. The van der Waals surface area contributed by atoms with Gasteiger partial charge in [-0.3, -0.25) is 0 Å². The fourth-order valence-electron chi connectivity index (χ4n) is 2.71. The highest BCUT2D eigenvalue weighted by molar-refractivity contribution is 7.07. The number of benzene rings is 1. The summed E-state index contributed by atoms with van der Waals surface area (Å²) in [4.78, 5) is 5.90. The summed E-state index contributed by atoms with van der Waals surface area (Å²) in [5.74, 6) is 1.43. The number of aromatic nitrogens is 1. The Morgan fingerprint density at radius 3 is 2.52 bits per heavy atom. The van der Waals surface area contributed by atoms with Gasteiger partial charge >= 0.3 is 0 Å². The van der Waals surface area contributed by atoms with E-state index in [2.05, 4.69) is 55.8 Å². The number of furan rings is 1. The van der Waals surface area contributed by atoms with Gasteiger partial charge in [0.2, 0.25) is 0 Å². The smallest absolute Gasteiger partial charge is 0.190 e. The Morgan fingerprint density at radius 1 is 1.17 bits per heavy atom. The Balaban J connectivity index is 2.13. The van der Waals surface area contributed by atoms with Crippen molar-refractivity contribution < 1.29 is 4.42 Å². The molecule has 23 heavy (non-hydrogen) atoms. The lowest BCUT2D eigenvalue weighted by Crippen LogP contribution is -2.18. The first-order valence-corrected chi connectivity index (χ1v) is 8.76. The molecule has 0 saturated heterocycles. The van der Waals surface area contributed by atoms with E-state index in [1.807, 2.05) is 12.1 Å². The van der Waals surface area contributed by atoms with Crippen molar-refractivity contribution in [3.63, 3.8) is 0 Å². The van der Waals surface area contributed by atoms with Crippen LogP contribution in [0.5, 0.6) is 0 Å². The predicted octanol–water partition coefficient (Wildman–Crippen LogP) is 5.31. The molecular formula is C19H22N2OS. The fourth-order valence-corrected chi connectivity index (χ4v) is 3.63. The van der Waals surface area contributed by atoms with Gasteiger partial charge in [0.15, 0.2) is 10.6 Å². The zero-order valence-electron chi connectivity index (χ0n) is 14.0. The minimum absolute atomic E-state index is 0.538. The van der Waals surface area contributed by atoms with Crippen molar-refractivity contribution in [2.24, 2.45) is 10.9 Å². The van der Waals surface area contributed by atoms with Gasteiger partial charge in [-0.15, -0.1) is 11.3 Å². The molecule has 0 saturated carbocycles. The molecule has 0 N–H and O–H groups in total. The minimum Gasteiger partial charge on any atom is -0.463 e. The van der Waals surface area contributed by atoms with Crippen LogP contribution >= 0.6 is 11.3 Å². The zero-order chi connectivity index (χ0) is 16.4. The van der Waals surface area contributed by atoms with Crippen LogP contribution in [0.2, 0.25) is 0 Å². The highest BCUT2D eigenvalue weighted by Crippen LogP contribution is 2.23. The summed E-state index contributed by atoms with van der Waals surface area (Å²) in [6.07, 6.45) is 1.72. The lowest BCUT2D eigenvalue weighted by atomic mass is 10.1. The molecule has 0 amide bonds. The number of thiazole rings is 1. The van der Waals surface area contributed by atoms with E-state index >= 15 is 0 Å². The molecule has 0 aliphatic rings. The second kappa shape index (κ2) is 6.59. The lowest BCUT2D eigenvalue weighted by molar-refractivity contribution is 0.507. The maximum atomic E-state index is 5.59. The molecule has 2 aromatic heterocycles. The summed E-state index contributed by atoms with van der Waals surface area (Å²) in [6.45, 7) is 9.57. The van der Waals surface area contributed by atoms with Crippen molar-refractivity contribution in [3.05, 3.63) is 57.9 Å². The first-order chi connectivity index (χ1) is 11.0. The van der Waals surface area contributed by atoms with Crippen molar-refractivity contribution in [1.29, 1.82) is 0 Å². The summed E-state index contributed by atoms with van der Waals surface area (Å²) in [5.41, 5.74) is 4.58. The molecule has 0 bridgehead atoms. The van der Waals surface area contributed by atoms with E-state index in [1.54, 1.807) is 17.6 Å². The highest BCUT2D eigenvalue weighted by atomic mass is 32.1. The number of hydrogen-bond donors (Lipinski definition) is 0. The molecule has 0 radical (unpaired) electrons. The predicted molar refractivity (Wildman–Crippen MR) is 96.0 cm³/mol. The molecule has 0 atom stereocenters. The number of rotatable bonds is 4. The SMILES string of the molecule is Cc1cc(C)cc(N=c2scc(-c3ccco3)n2CC(C)C)c1. The summed E-state index contributed by atoms with van der Waals surface area (Å²) < 4.78 is 7.84. The topological polar surface area (TPSA) is 30.4 Å². The van der Waals surface area contributed by atoms with Crippen molar-refractivity contribution in [2.75, 3.05) is 0 Å². The Hall–Kier alpha value is -2.07. The van der Waals surface area contributed by atoms with Crippen LogP contribution in [0.15, 0.2) is 51.4 Å². The molecule has 2 heterocycles. The van der Waals surface area contributed by atoms with E-state index in [0.29, 0.717) is 5.92 Å². The van der Waals surface area contributed by atoms with Gasteiger partial charge in [0.25, 0.3) is 0 Å². The van der Waals surface area contributed by atoms with Gasteiger partial charge in [0, 0.05) is 11.9 Å². The van der Waals surface area contributed by atoms with Gasteiger partial charge in [-0.05, 0) is 55.2 Å². The first-order valence-electron chi connectivity index (χ1n) is 7.88. The molecular weight excluding hydrogens is 304 g/mol. The van der Waals surface area contributed by atoms with Crippen molar-refractivity contribution in [2.45, 2.75) is 34.2 Å². The third kappa shape index (κ3) is 3.64. The first kappa shape index (κ1) is 15.8. The largest absolute Gasteiger partial charge is 0.463 e. The number of nitrogens with zero attached hydrogens (tertiary/aromatic N) is 2. The maximum Gasteiger partial charge on any atom is 0.190 e. The molecule has 0 aliphatic heterocycles. The van der Waals surface area contributed by atoms with E-state index in [9.17, 15) is 0 Å². The number of hydrogen-bond acceptors (Lipinski definition) is 3. The van der Waals surface area contributed by atoms with Gasteiger partial charge in [-0.1, -0.05) is 19.9 Å². The molecule has 3 rings (SSSR count). The third-order valence-electron chi connectivity index (χ3n) is 3.55. The van der Waals surface area contributed by atoms with E-state index in [0.717, 1.165) is 28.5 Å². The van der Waals surface area contributed by atoms with E-state index in [1.165, 1.54) is 11.1 Å². The molecule has 0 fully saturated rings. The average Bonchev–Trinajstić information content (AvgIpc) is 3.08. The molecule has 3 aromatic rings. The lowest BCUT2D eigenvalue weighted by Gasteiger charge is -2.10. The van der Waals surface area contributed by atoms with Gasteiger partial charge in [-0.25, -0.2) is 4.99 Å². The summed E-state index contributed by atoms with van der Waals surface area (Å²) in [5, 5.41) is 2.13. The van der Waals surface area contributed by atoms with Crippen LogP contribution in [0, 0.1) is 19.8 Å². The van der Waals surface area contributed by atoms with Gasteiger partial charge in [0.05, 0.1) is 17.6 Å². The van der Waals surface area contributed by atoms with Crippen LogP contribution in [-0.4, -0.2) is 4.57 Å². The molecule has 3 nitrogen and oxygen atoms in total. The van der Waals surface area contributed by atoms with Crippen molar-refractivity contribution in [1.82, 2.24) is 4.57 Å². The Bertz CT molecular complexity index is 834. The fraction of sp³-hybridized carbons (Fsp3) is 0.316. The quantitative estimate of drug-likeness (QED) is 0.638. The van der Waals surface area contributed by atoms with E-state index in [4.69, 9.17) is 9.41 Å². The van der Waals surface area contributed by atoms with Crippen LogP contribution in [0.25, 0.3) is 11.5 Å². The second-order valence-electron chi connectivity index (χ2n) is 6.34. The second-order valence-corrected chi connectivity index (χ2v) is 7.18. The van der Waals surface area contributed by atoms with Crippen molar-refractivity contribution in [3.8, 4) is 11.5 Å². The minimum atomic E-state index is 0.538. The van der Waals surface area contributed by atoms with Crippen LogP contribution in [0.4, 0.5) is 5.69 Å². The molecule has 1 aromatic carbocycles. The summed E-state index contributed by atoms with van der Waals surface area (Å²) in [7, 11) is 0. The molecule has 0 spiro atoms. The Kier molecular flexibility index (Phi) is 4.53. The van der Waals surface area contributed by atoms with Crippen LogP contribution in [-0.2, 0) is 6.54 Å². The molecule has 120 valence electrons. The maximum absolute atomic E-state index is 5.59. The molecule has 0 unspecified atom stereocenters.